The number of hydrogen-bond donors (Lipinski definition) is 1. The summed E-state index contributed by atoms with van der Waals surface area (Å²) in [6, 6.07) is 4.73. The Kier molecular flexibility index (Phi) is 5.35. The van der Waals surface area contributed by atoms with E-state index < -0.39 is 22.1 Å². The molecule has 0 radical (unpaired) electrons. The number of furan rings is 1. The van der Waals surface area contributed by atoms with Crippen LogP contribution in [-0.2, 0) is 19.5 Å². The molecule has 1 unspecified atom stereocenters. The molecule has 22 heavy (non-hydrogen) atoms. The first-order valence-corrected chi connectivity index (χ1v) is 8.57. The van der Waals surface area contributed by atoms with Gasteiger partial charge in [-0.15, -0.1) is 11.3 Å². The molecule has 2 heterocycles. The van der Waals surface area contributed by atoms with Crippen LogP contribution in [0.3, 0.4) is 0 Å². The van der Waals surface area contributed by atoms with E-state index in [1.54, 1.807) is 12.1 Å². The number of thiophene rings is 1. The Morgan fingerprint density at radius 1 is 1.41 bits per heavy atom. The van der Waals surface area contributed by atoms with Gasteiger partial charge in [0.05, 0.1) is 13.4 Å². The van der Waals surface area contributed by atoms with Gasteiger partial charge >= 0.3 is 5.97 Å². The number of rotatable bonds is 7. The van der Waals surface area contributed by atoms with Crippen molar-refractivity contribution >= 4 is 27.3 Å². The van der Waals surface area contributed by atoms with Gasteiger partial charge in [0, 0.05) is 13.7 Å². The summed E-state index contributed by atoms with van der Waals surface area (Å²) >= 11 is 1.00. The second-order valence-electron chi connectivity index (χ2n) is 4.20. The number of nitrogens with one attached hydrogen (secondary N) is 1. The van der Waals surface area contributed by atoms with Crippen molar-refractivity contribution in [3.8, 4) is 0 Å². The summed E-state index contributed by atoms with van der Waals surface area (Å²) in [5, 5.41) is 1.52. The average molecular weight is 345 g/mol. The molecule has 0 bridgehead atoms. The number of carbonyl (C=O) groups is 1. The Bertz CT molecular complexity index is 720. The number of carbonyl (C=O) groups excluding carboxylic acids is 1. The lowest BCUT2D eigenvalue weighted by Crippen LogP contribution is -2.29. The number of esters is 1. The summed E-state index contributed by atoms with van der Waals surface area (Å²) in [5.41, 5.74) is 0. The van der Waals surface area contributed by atoms with Crippen molar-refractivity contribution in [2.75, 3.05) is 20.8 Å². The SMILES string of the molecule is COC(=O)c1sccc1S(=O)(=O)NCC(OC)c1ccco1. The van der Waals surface area contributed by atoms with Crippen molar-refractivity contribution in [1.82, 2.24) is 4.72 Å². The lowest BCUT2D eigenvalue weighted by molar-refractivity contribution is 0.0602. The van der Waals surface area contributed by atoms with Gasteiger partial charge in [0.25, 0.3) is 0 Å². The van der Waals surface area contributed by atoms with E-state index >= 15 is 0 Å². The Hall–Kier alpha value is -1.68. The highest BCUT2D eigenvalue weighted by Crippen LogP contribution is 2.23. The maximum absolute atomic E-state index is 12.3. The zero-order valence-electron chi connectivity index (χ0n) is 11.9. The van der Waals surface area contributed by atoms with E-state index in [-0.39, 0.29) is 16.3 Å². The van der Waals surface area contributed by atoms with Crippen LogP contribution in [-0.4, -0.2) is 35.2 Å². The van der Waals surface area contributed by atoms with E-state index in [4.69, 9.17) is 9.15 Å². The zero-order chi connectivity index (χ0) is 16.2. The average Bonchev–Trinajstić information content (AvgIpc) is 3.18. The van der Waals surface area contributed by atoms with Crippen LogP contribution in [0.25, 0.3) is 0 Å². The molecule has 9 heteroatoms. The van der Waals surface area contributed by atoms with Crippen molar-refractivity contribution in [1.29, 1.82) is 0 Å². The molecule has 0 aromatic carbocycles. The minimum Gasteiger partial charge on any atom is -0.467 e. The Labute approximate surface area is 131 Å². The van der Waals surface area contributed by atoms with Gasteiger partial charge < -0.3 is 13.9 Å². The lowest BCUT2D eigenvalue weighted by atomic mass is 10.3. The van der Waals surface area contributed by atoms with Gasteiger partial charge in [-0.25, -0.2) is 17.9 Å². The normalized spacial score (nSPS) is 13.0. The molecule has 0 aliphatic heterocycles. The van der Waals surface area contributed by atoms with Gasteiger partial charge in [0.2, 0.25) is 10.0 Å². The second kappa shape index (κ2) is 7.05. The predicted molar refractivity (Wildman–Crippen MR) is 79.3 cm³/mol. The molecule has 0 amide bonds. The summed E-state index contributed by atoms with van der Waals surface area (Å²) in [6.45, 7) is -0.0250. The maximum Gasteiger partial charge on any atom is 0.349 e. The molecule has 0 aliphatic rings. The van der Waals surface area contributed by atoms with E-state index in [1.165, 1.54) is 31.9 Å². The topological polar surface area (TPSA) is 94.8 Å². The minimum absolute atomic E-state index is 0.0250. The number of sulfonamides is 1. The fourth-order valence-corrected chi connectivity index (χ4v) is 4.15. The van der Waals surface area contributed by atoms with Crippen molar-refractivity contribution in [2.24, 2.45) is 0 Å². The fourth-order valence-electron chi connectivity index (χ4n) is 1.79. The monoisotopic (exact) mass is 345 g/mol. The molecule has 0 saturated heterocycles. The molecule has 1 atom stereocenters. The van der Waals surface area contributed by atoms with Crippen molar-refractivity contribution in [3.05, 3.63) is 40.5 Å². The van der Waals surface area contributed by atoms with Crippen LogP contribution in [0.1, 0.15) is 21.5 Å². The van der Waals surface area contributed by atoms with Crippen LogP contribution >= 0.6 is 11.3 Å². The standard InChI is InChI=1S/C13H15NO6S2/c1-18-10(9-4-3-6-20-9)8-14-22(16,17)11-5-7-21-12(11)13(15)19-2/h3-7,10,14H,8H2,1-2H3. The van der Waals surface area contributed by atoms with E-state index in [0.717, 1.165) is 11.3 Å². The summed E-state index contributed by atoms with van der Waals surface area (Å²) in [7, 11) is -1.21. The van der Waals surface area contributed by atoms with Gasteiger partial charge in [0.1, 0.15) is 21.6 Å². The van der Waals surface area contributed by atoms with Crippen molar-refractivity contribution in [3.63, 3.8) is 0 Å². The smallest absolute Gasteiger partial charge is 0.349 e. The third-order valence-electron chi connectivity index (χ3n) is 2.89. The van der Waals surface area contributed by atoms with Gasteiger partial charge in [-0.3, -0.25) is 0 Å². The van der Waals surface area contributed by atoms with E-state index in [1.807, 2.05) is 0 Å². The second-order valence-corrected chi connectivity index (χ2v) is 6.85. The van der Waals surface area contributed by atoms with Gasteiger partial charge in [-0.1, -0.05) is 0 Å². The lowest BCUT2D eigenvalue weighted by Gasteiger charge is -2.14. The summed E-state index contributed by atoms with van der Waals surface area (Å²) in [5.74, 6) is -0.187. The summed E-state index contributed by atoms with van der Waals surface area (Å²) < 4.78 is 42.0. The van der Waals surface area contributed by atoms with E-state index in [0.29, 0.717) is 5.76 Å². The first-order valence-electron chi connectivity index (χ1n) is 6.21. The third kappa shape index (κ3) is 3.55. The molecule has 0 aliphatic carbocycles. The number of methoxy groups -OCH3 is 2. The first-order chi connectivity index (χ1) is 10.5. The van der Waals surface area contributed by atoms with Crippen LogP contribution in [0.15, 0.2) is 39.2 Å². The molecule has 2 aromatic rings. The Morgan fingerprint density at radius 2 is 2.18 bits per heavy atom. The summed E-state index contributed by atoms with van der Waals surface area (Å²) in [4.78, 5) is 11.5. The van der Waals surface area contributed by atoms with E-state index in [9.17, 15) is 13.2 Å². The van der Waals surface area contributed by atoms with E-state index in [2.05, 4.69) is 9.46 Å². The Balaban J connectivity index is 2.15. The molecule has 1 N–H and O–H groups in total. The number of hydrogen-bond acceptors (Lipinski definition) is 7. The van der Waals surface area contributed by atoms with Crippen LogP contribution in [0, 0.1) is 0 Å². The quantitative estimate of drug-likeness (QED) is 0.769. The Morgan fingerprint density at radius 3 is 2.77 bits per heavy atom. The highest BCUT2D eigenvalue weighted by molar-refractivity contribution is 7.89. The molecule has 2 rings (SSSR count). The largest absolute Gasteiger partial charge is 0.467 e. The third-order valence-corrected chi connectivity index (χ3v) is 5.38. The predicted octanol–water partition coefficient (Wildman–Crippen LogP) is 1.79. The maximum atomic E-state index is 12.3. The molecule has 0 fully saturated rings. The molecule has 120 valence electrons. The molecule has 7 nitrogen and oxygen atoms in total. The molecule has 0 saturated carbocycles. The molecular weight excluding hydrogens is 330 g/mol. The zero-order valence-corrected chi connectivity index (χ0v) is 13.6. The highest BCUT2D eigenvalue weighted by Gasteiger charge is 2.26. The van der Waals surface area contributed by atoms with Crippen LogP contribution in [0.4, 0.5) is 0 Å². The van der Waals surface area contributed by atoms with Crippen LogP contribution in [0.5, 0.6) is 0 Å². The van der Waals surface area contributed by atoms with Gasteiger partial charge in [-0.05, 0) is 23.6 Å². The van der Waals surface area contributed by atoms with Crippen LogP contribution in [0.2, 0.25) is 0 Å². The van der Waals surface area contributed by atoms with Gasteiger partial charge in [0.15, 0.2) is 0 Å². The minimum atomic E-state index is -3.86. The summed E-state index contributed by atoms with van der Waals surface area (Å²) in [6.07, 6.45) is 0.911. The number of ether oxygens (including phenoxy) is 2. The fraction of sp³-hybridized carbons (Fsp3) is 0.308. The molecule has 0 spiro atoms. The van der Waals surface area contributed by atoms with Gasteiger partial charge in [-0.2, -0.15) is 0 Å². The first kappa shape index (κ1) is 16.7. The van der Waals surface area contributed by atoms with Crippen LogP contribution < -0.4 is 4.72 Å². The highest BCUT2D eigenvalue weighted by atomic mass is 32.2. The molecule has 2 aromatic heterocycles. The molecular formula is C13H15NO6S2. The van der Waals surface area contributed by atoms with Crippen molar-refractivity contribution in [2.45, 2.75) is 11.0 Å². The van der Waals surface area contributed by atoms with Crippen molar-refractivity contribution < 1.29 is 27.1 Å².